The van der Waals surface area contributed by atoms with Crippen molar-refractivity contribution >= 4 is 5.97 Å². The van der Waals surface area contributed by atoms with Crippen LogP contribution in [0.25, 0.3) is 0 Å². The quantitative estimate of drug-likeness (QED) is 0.862. The maximum atomic E-state index is 13.1. The number of rotatable bonds is 4. The Morgan fingerprint density at radius 2 is 2.00 bits per heavy atom. The van der Waals surface area contributed by atoms with E-state index in [4.69, 9.17) is 9.84 Å². The van der Waals surface area contributed by atoms with E-state index >= 15 is 0 Å². The van der Waals surface area contributed by atoms with Gasteiger partial charge in [0.15, 0.2) is 0 Å². The van der Waals surface area contributed by atoms with Crippen molar-refractivity contribution in [3.63, 3.8) is 0 Å². The van der Waals surface area contributed by atoms with Crippen LogP contribution >= 0.6 is 0 Å². The first-order valence-corrected chi connectivity index (χ1v) is 5.99. The van der Waals surface area contributed by atoms with Crippen molar-refractivity contribution in [2.24, 2.45) is 0 Å². The monoisotopic (exact) mass is 292 g/mol. The lowest BCUT2D eigenvalue weighted by atomic mass is 9.77. The summed E-state index contributed by atoms with van der Waals surface area (Å²) in [7, 11) is 0. The zero-order chi connectivity index (χ0) is 15.0. The smallest absolute Gasteiger partial charge is 0.419 e. The molecule has 0 aliphatic heterocycles. The average Bonchev–Trinajstić information content (AvgIpc) is 2.26. The van der Waals surface area contributed by atoms with E-state index in [-0.39, 0.29) is 12.2 Å². The van der Waals surface area contributed by atoms with Crippen LogP contribution < -0.4 is 4.74 Å². The minimum Gasteiger partial charge on any atom is -0.487 e. The normalized spacial score (nSPS) is 17.4. The van der Waals surface area contributed by atoms with Gasteiger partial charge in [0, 0.05) is 0 Å². The number of aliphatic carboxylic acids is 1. The lowest BCUT2D eigenvalue weighted by molar-refractivity contribution is -0.145. The van der Waals surface area contributed by atoms with Crippen molar-refractivity contribution in [3.05, 3.63) is 29.6 Å². The summed E-state index contributed by atoms with van der Waals surface area (Å²) in [6, 6.07) is 2.31. The number of halogens is 4. The molecular weight excluding hydrogens is 280 g/mol. The Balaban J connectivity index is 2.23. The van der Waals surface area contributed by atoms with Crippen molar-refractivity contribution in [1.29, 1.82) is 0 Å². The topological polar surface area (TPSA) is 46.5 Å². The summed E-state index contributed by atoms with van der Waals surface area (Å²) in [5, 5.41) is 8.80. The standard InChI is InChI=1S/C13H12F4O3/c14-10-3-2-8(6-9(10)13(15,16)17)20-12(4-1-5-12)7-11(18)19/h2-3,6H,1,4-5,7H2,(H,18,19). The Bertz CT molecular complexity index is 521. The molecule has 0 amide bonds. The van der Waals surface area contributed by atoms with E-state index in [1.807, 2.05) is 0 Å². The van der Waals surface area contributed by atoms with Crippen molar-refractivity contribution in [3.8, 4) is 5.75 Å². The van der Waals surface area contributed by atoms with E-state index in [0.717, 1.165) is 12.5 Å². The summed E-state index contributed by atoms with van der Waals surface area (Å²) >= 11 is 0. The van der Waals surface area contributed by atoms with Crippen LogP contribution in [0.1, 0.15) is 31.2 Å². The van der Waals surface area contributed by atoms with Crippen molar-refractivity contribution in [2.75, 3.05) is 0 Å². The fourth-order valence-electron chi connectivity index (χ4n) is 2.20. The first-order chi connectivity index (χ1) is 9.22. The lowest BCUT2D eigenvalue weighted by Crippen LogP contribution is -2.45. The van der Waals surface area contributed by atoms with E-state index in [1.54, 1.807) is 0 Å². The SMILES string of the molecule is O=C(O)CC1(Oc2ccc(F)c(C(F)(F)F)c2)CCC1. The molecule has 7 heteroatoms. The van der Waals surface area contributed by atoms with E-state index < -0.39 is 29.1 Å². The Hall–Kier alpha value is -1.79. The maximum Gasteiger partial charge on any atom is 0.419 e. The molecule has 0 unspecified atom stereocenters. The molecule has 1 aliphatic carbocycles. The largest absolute Gasteiger partial charge is 0.487 e. The van der Waals surface area contributed by atoms with Crippen LogP contribution in [-0.4, -0.2) is 16.7 Å². The summed E-state index contributed by atoms with van der Waals surface area (Å²) in [6.07, 6.45) is -3.44. The lowest BCUT2D eigenvalue weighted by Gasteiger charge is -2.40. The molecule has 0 aromatic heterocycles. The maximum absolute atomic E-state index is 13.1. The molecule has 0 atom stereocenters. The van der Waals surface area contributed by atoms with Crippen LogP contribution in [0, 0.1) is 5.82 Å². The number of carboxylic acid groups (broad SMARTS) is 1. The predicted molar refractivity (Wildman–Crippen MR) is 60.9 cm³/mol. The molecule has 2 rings (SSSR count). The number of ether oxygens (including phenoxy) is 1. The minimum atomic E-state index is -4.82. The average molecular weight is 292 g/mol. The predicted octanol–water partition coefficient (Wildman–Crippen LogP) is 3.62. The van der Waals surface area contributed by atoms with Gasteiger partial charge < -0.3 is 9.84 Å². The first-order valence-electron chi connectivity index (χ1n) is 5.99. The minimum absolute atomic E-state index is 0.167. The van der Waals surface area contributed by atoms with E-state index in [9.17, 15) is 22.4 Å². The van der Waals surface area contributed by atoms with Crippen LogP contribution in [0.2, 0.25) is 0 Å². The number of carboxylic acids is 1. The number of hydrogen-bond donors (Lipinski definition) is 1. The summed E-state index contributed by atoms with van der Waals surface area (Å²) in [6.45, 7) is 0. The second-order valence-corrected chi connectivity index (χ2v) is 4.85. The number of alkyl halides is 3. The zero-order valence-electron chi connectivity index (χ0n) is 10.3. The van der Waals surface area contributed by atoms with Gasteiger partial charge in [-0.05, 0) is 37.5 Å². The molecule has 0 radical (unpaired) electrons. The van der Waals surface area contributed by atoms with Crippen LogP contribution in [0.3, 0.4) is 0 Å². The zero-order valence-corrected chi connectivity index (χ0v) is 10.3. The van der Waals surface area contributed by atoms with E-state index in [1.165, 1.54) is 0 Å². The van der Waals surface area contributed by atoms with Crippen LogP contribution in [0.15, 0.2) is 18.2 Å². The molecule has 1 fully saturated rings. The molecule has 0 heterocycles. The molecule has 1 aliphatic rings. The van der Waals surface area contributed by atoms with Gasteiger partial charge in [0.25, 0.3) is 0 Å². The molecule has 20 heavy (non-hydrogen) atoms. The first kappa shape index (κ1) is 14.6. The van der Waals surface area contributed by atoms with Gasteiger partial charge in [0.2, 0.25) is 0 Å². The number of hydrogen-bond acceptors (Lipinski definition) is 2. The third-order valence-electron chi connectivity index (χ3n) is 3.32. The molecule has 3 nitrogen and oxygen atoms in total. The fourth-order valence-corrected chi connectivity index (χ4v) is 2.20. The van der Waals surface area contributed by atoms with Gasteiger partial charge in [-0.2, -0.15) is 13.2 Å². The highest BCUT2D eigenvalue weighted by atomic mass is 19.4. The summed E-state index contributed by atoms with van der Waals surface area (Å²) in [4.78, 5) is 10.8. The second-order valence-electron chi connectivity index (χ2n) is 4.85. The van der Waals surface area contributed by atoms with Crippen molar-refractivity contribution in [2.45, 2.75) is 37.5 Å². The molecule has 0 spiro atoms. The Labute approximate surface area is 112 Å². The van der Waals surface area contributed by atoms with Gasteiger partial charge in [-0.25, -0.2) is 4.39 Å². The highest BCUT2D eigenvalue weighted by molar-refractivity contribution is 5.68. The van der Waals surface area contributed by atoms with E-state index in [2.05, 4.69) is 0 Å². The number of benzene rings is 1. The summed E-state index contributed by atoms with van der Waals surface area (Å²) in [5.41, 5.74) is -2.40. The third kappa shape index (κ3) is 3.02. The molecule has 110 valence electrons. The summed E-state index contributed by atoms with van der Waals surface area (Å²) in [5.74, 6) is -2.63. The van der Waals surface area contributed by atoms with Crippen molar-refractivity contribution < 1.29 is 32.2 Å². The van der Waals surface area contributed by atoms with Gasteiger partial charge >= 0.3 is 12.1 Å². The van der Waals surface area contributed by atoms with Gasteiger partial charge in [0.1, 0.15) is 17.2 Å². The molecule has 1 N–H and O–H groups in total. The van der Waals surface area contributed by atoms with Crippen LogP contribution in [0.5, 0.6) is 5.75 Å². The molecular formula is C13H12F4O3. The van der Waals surface area contributed by atoms with Gasteiger partial charge in [0.05, 0.1) is 12.0 Å². The fraction of sp³-hybridized carbons (Fsp3) is 0.462. The van der Waals surface area contributed by atoms with Gasteiger partial charge in [-0.1, -0.05) is 0 Å². The Kier molecular flexibility index (Phi) is 3.62. The van der Waals surface area contributed by atoms with Crippen LogP contribution in [0.4, 0.5) is 17.6 Å². The molecule has 1 aromatic rings. The molecule has 0 bridgehead atoms. The van der Waals surface area contributed by atoms with Crippen LogP contribution in [-0.2, 0) is 11.0 Å². The summed E-state index contributed by atoms with van der Waals surface area (Å²) < 4.78 is 56.3. The molecule has 1 aromatic carbocycles. The highest BCUT2D eigenvalue weighted by Gasteiger charge is 2.42. The van der Waals surface area contributed by atoms with Gasteiger partial charge in [-0.15, -0.1) is 0 Å². The molecule has 0 saturated heterocycles. The molecule has 1 saturated carbocycles. The van der Waals surface area contributed by atoms with Crippen molar-refractivity contribution in [1.82, 2.24) is 0 Å². The van der Waals surface area contributed by atoms with Gasteiger partial charge in [-0.3, -0.25) is 4.79 Å². The third-order valence-corrected chi connectivity index (χ3v) is 3.32. The number of carbonyl (C=O) groups is 1. The Morgan fingerprint density at radius 1 is 1.35 bits per heavy atom. The van der Waals surface area contributed by atoms with E-state index in [0.29, 0.717) is 25.0 Å². The second kappa shape index (κ2) is 4.96. The Morgan fingerprint density at radius 3 is 2.45 bits per heavy atom. The highest BCUT2D eigenvalue weighted by Crippen LogP contribution is 2.41.